The predicted molar refractivity (Wildman–Crippen MR) is 74.7 cm³/mol. The first-order chi connectivity index (χ1) is 10.8. The van der Waals surface area contributed by atoms with E-state index in [1.165, 1.54) is 30.5 Å². The van der Waals surface area contributed by atoms with Crippen LogP contribution in [0.4, 0.5) is 13.2 Å². The monoisotopic (exact) mass is 319 g/mol. The Balaban J connectivity index is 2.07. The zero-order chi connectivity index (χ0) is 16.6. The number of hydrogen-bond acceptors (Lipinski definition) is 4. The van der Waals surface area contributed by atoms with Crippen molar-refractivity contribution >= 4 is 17.0 Å². The van der Waals surface area contributed by atoms with Gasteiger partial charge in [-0.05, 0) is 24.3 Å². The topological polar surface area (TPSA) is 76.0 Å². The number of halogens is 3. The maximum Gasteiger partial charge on any atom is 0.416 e. The molecule has 2 heterocycles. The zero-order valence-corrected chi connectivity index (χ0v) is 11.4. The van der Waals surface area contributed by atoms with Gasteiger partial charge in [-0.1, -0.05) is 12.1 Å². The molecule has 2 aromatic heterocycles. The quantitative estimate of drug-likeness (QED) is 0.783. The molecule has 0 fully saturated rings. The zero-order valence-electron chi connectivity index (χ0n) is 11.4. The first-order valence-electron chi connectivity index (χ1n) is 6.39. The van der Waals surface area contributed by atoms with E-state index in [9.17, 15) is 18.0 Å². The summed E-state index contributed by atoms with van der Waals surface area (Å²) in [6.45, 7) is 0. The smallest absolute Gasteiger partial charge is 0.416 e. The van der Waals surface area contributed by atoms with E-state index in [1.807, 2.05) is 0 Å². The summed E-state index contributed by atoms with van der Waals surface area (Å²) >= 11 is 0. The van der Waals surface area contributed by atoms with Gasteiger partial charge >= 0.3 is 12.1 Å². The van der Waals surface area contributed by atoms with Crippen molar-refractivity contribution in [3.63, 3.8) is 0 Å². The fraction of sp³-hybridized carbons (Fsp3) is 0.0667. The van der Waals surface area contributed by atoms with Crippen LogP contribution in [-0.4, -0.2) is 26.0 Å². The largest absolute Gasteiger partial charge is 0.477 e. The Kier molecular flexibility index (Phi) is 3.44. The summed E-state index contributed by atoms with van der Waals surface area (Å²) in [6.07, 6.45) is -3.17. The number of carboxylic acids is 1. The van der Waals surface area contributed by atoms with Crippen molar-refractivity contribution in [2.45, 2.75) is 6.18 Å². The van der Waals surface area contributed by atoms with E-state index in [0.29, 0.717) is 5.52 Å². The third kappa shape index (κ3) is 2.96. The fourth-order valence-electron chi connectivity index (χ4n) is 2.02. The standard InChI is InChI=1S/C15H8F3N3O2/c16-15(17,18)9-3-1-2-8(6-9)13-19-7-12-10(21-13)4-5-11(20-12)14(22)23/h1-7H,(H,22,23). The lowest BCUT2D eigenvalue weighted by Crippen LogP contribution is -2.05. The average molecular weight is 319 g/mol. The highest BCUT2D eigenvalue weighted by Crippen LogP contribution is 2.31. The van der Waals surface area contributed by atoms with Crippen molar-refractivity contribution in [1.82, 2.24) is 15.0 Å². The second kappa shape index (κ2) is 5.31. The van der Waals surface area contributed by atoms with E-state index < -0.39 is 17.7 Å². The number of aromatic nitrogens is 3. The van der Waals surface area contributed by atoms with Gasteiger partial charge in [0.1, 0.15) is 11.2 Å². The minimum Gasteiger partial charge on any atom is -0.477 e. The van der Waals surface area contributed by atoms with Crippen molar-refractivity contribution in [3.8, 4) is 11.4 Å². The number of hydrogen-bond donors (Lipinski definition) is 1. The summed E-state index contributed by atoms with van der Waals surface area (Å²) in [7, 11) is 0. The van der Waals surface area contributed by atoms with Gasteiger partial charge in [-0.3, -0.25) is 0 Å². The van der Waals surface area contributed by atoms with Crippen LogP contribution in [-0.2, 0) is 6.18 Å². The molecule has 0 saturated heterocycles. The Hall–Kier alpha value is -3.03. The van der Waals surface area contributed by atoms with Crippen molar-refractivity contribution in [2.24, 2.45) is 0 Å². The third-order valence-corrected chi connectivity index (χ3v) is 3.11. The van der Waals surface area contributed by atoms with Crippen LogP contribution in [0.25, 0.3) is 22.4 Å². The van der Waals surface area contributed by atoms with Gasteiger partial charge in [-0.25, -0.2) is 19.7 Å². The molecule has 0 saturated carbocycles. The molecule has 1 aromatic carbocycles. The second-order valence-electron chi connectivity index (χ2n) is 4.68. The lowest BCUT2D eigenvalue weighted by Gasteiger charge is -2.08. The summed E-state index contributed by atoms with van der Waals surface area (Å²) in [4.78, 5) is 22.8. The lowest BCUT2D eigenvalue weighted by atomic mass is 10.1. The summed E-state index contributed by atoms with van der Waals surface area (Å²) < 4.78 is 38.3. The van der Waals surface area contributed by atoms with Crippen LogP contribution in [0.15, 0.2) is 42.6 Å². The lowest BCUT2D eigenvalue weighted by molar-refractivity contribution is -0.137. The van der Waals surface area contributed by atoms with Crippen LogP contribution in [0.3, 0.4) is 0 Å². The van der Waals surface area contributed by atoms with Gasteiger partial charge in [0.25, 0.3) is 0 Å². The molecule has 116 valence electrons. The van der Waals surface area contributed by atoms with Gasteiger partial charge in [0.2, 0.25) is 0 Å². The Morgan fingerprint density at radius 3 is 2.52 bits per heavy atom. The molecule has 3 rings (SSSR count). The fourth-order valence-corrected chi connectivity index (χ4v) is 2.02. The Morgan fingerprint density at radius 2 is 1.83 bits per heavy atom. The highest BCUT2D eigenvalue weighted by atomic mass is 19.4. The summed E-state index contributed by atoms with van der Waals surface area (Å²) in [5.41, 5.74) is -0.145. The molecule has 8 heteroatoms. The Morgan fingerprint density at radius 1 is 1.04 bits per heavy atom. The highest BCUT2D eigenvalue weighted by molar-refractivity contribution is 5.88. The summed E-state index contributed by atoms with van der Waals surface area (Å²) in [5, 5.41) is 8.87. The molecule has 3 aromatic rings. The number of benzene rings is 1. The van der Waals surface area contributed by atoms with E-state index in [2.05, 4.69) is 15.0 Å². The normalized spacial score (nSPS) is 11.6. The molecular weight excluding hydrogens is 311 g/mol. The average Bonchev–Trinajstić information content (AvgIpc) is 2.53. The number of carboxylic acid groups (broad SMARTS) is 1. The van der Waals surface area contributed by atoms with Crippen molar-refractivity contribution in [2.75, 3.05) is 0 Å². The Labute approximate surface area is 127 Å². The molecule has 5 nitrogen and oxygen atoms in total. The molecule has 23 heavy (non-hydrogen) atoms. The van der Waals surface area contributed by atoms with Gasteiger partial charge in [-0.2, -0.15) is 13.2 Å². The molecule has 0 amide bonds. The van der Waals surface area contributed by atoms with Crippen molar-refractivity contribution < 1.29 is 23.1 Å². The van der Waals surface area contributed by atoms with Gasteiger partial charge in [0.15, 0.2) is 5.82 Å². The predicted octanol–water partition coefficient (Wildman–Crippen LogP) is 3.41. The first-order valence-corrected chi connectivity index (χ1v) is 6.39. The second-order valence-corrected chi connectivity index (χ2v) is 4.68. The maximum absolute atomic E-state index is 12.8. The van der Waals surface area contributed by atoms with Crippen LogP contribution in [0.5, 0.6) is 0 Å². The molecular formula is C15H8F3N3O2. The van der Waals surface area contributed by atoms with E-state index in [-0.39, 0.29) is 22.6 Å². The molecule has 0 aliphatic rings. The maximum atomic E-state index is 12.8. The minimum absolute atomic E-state index is 0.105. The van der Waals surface area contributed by atoms with Crippen LogP contribution >= 0.6 is 0 Å². The molecule has 0 atom stereocenters. The van der Waals surface area contributed by atoms with Crippen molar-refractivity contribution in [1.29, 1.82) is 0 Å². The van der Waals surface area contributed by atoms with Gasteiger partial charge in [-0.15, -0.1) is 0 Å². The number of rotatable bonds is 2. The molecule has 0 radical (unpaired) electrons. The number of aromatic carboxylic acids is 1. The number of nitrogens with zero attached hydrogens (tertiary/aromatic N) is 3. The van der Waals surface area contributed by atoms with Gasteiger partial charge in [0.05, 0.1) is 17.3 Å². The van der Waals surface area contributed by atoms with Crippen LogP contribution in [0.1, 0.15) is 16.1 Å². The van der Waals surface area contributed by atoms with Crippen LogP contribution in [0.2, 0.25) is 0 Å². The van der Waals surface area contributed by atoms with Crippen LogP contribution in [0, 0.1) is 0 Å². The molecule has 0 aliphatic carbocycles. The molecule has 0 aliphatic heterocycles. The number of alkyl halides is 3. The molecule has 0 bridgehead atoms. The summed E-state index contributed by atoms with van der Waals surface area (Å²) in [6, 6.07) is 7.37. The molecule has 0 spiro atoms. The van der Waals surface area contributed by atoms with E-state index >= 15 is 0 Å². The van der Waals surface area contributed by atoms with Gasteiger partial charge < -0.3 is 5.11 Å². The van der Waals surface area contributed by atoms with E-state index in [0.717, 1.165) is 12.1 Å². The van der Waals surface area contributed by atoms with Crippen molar-refractivity contribution in [3.05, 3.63) is 53.9 Å². The first kappa shape index (κ1) is 14.9. The SMILES string of the molecule is O=C(O)c1ccc2nc(-c3cccc(C(F)(F)F)c3)ncc2n1. The number of pyridine rings is 1. The van der Waals surface area contributed by atoms with E-state index in [1.54, 1.807) is 0 Å². The third-order valence-electron chi connectivity index (χ3n) is 3.11. The highest BCUT2D eigenvalue weighted by Gasteiger charge is 2.30. The number of fused-ring (bicyclic) bond motifs is 1. The molecule has 1 N–H and O–H groups in total. The molecule has 0 unspecified atom stereocenters. The minimum atomic E-state index is -4.45. The summed E-state index contributed by atoms with van der Waals surface area (Å²) in [5.74, 6) is -1.08. The Bertz CT molecular complexity index is 910. The van der Waals surface area contributed by atoms with Crippen LogP contribution < -0.4 is 0 Å². The van der Waals surface area contributed by atoms with Gasteiger partial charge in [0, 0.05) is 5.56 Å². The number of carbonyl (C=O) groups is 1. The van der Waals surface area contributed by atoms with E-state index in [4.69, 9.17) is 5.11 Å².